The Kier molecular flexibility index (Phi) is 6.20. The molecule has 24 heavy (non-hydrogen) atoms. The van der Waals surface area contributed by atoms with Gasteiger partial charge in [-0.25, -0.2) is 0 Å². The van der Waals surface area contributed by atoms with Crippen LogP contribution in [0.2, 0.25) is 0 Å². The van der Waals surface area contributed by atoms with Gasteiger partial charge in [-0.2, -0.15) is 0 Å². The molecule has 3 N–H and O–H groups in total. The van der Waals surface area contributed by atoms with Crippen molar-refractivity contribution in [1.29, 1.82) is 0 Å². The predicted molar refractivity (Wildman–Crippen MR) is 95.5 cm³/mol. The molecule has 1 aromatic carbocycles. The van der Waals surface area contributed by atoms with Crippen molar-refractivity contribution in [3.05, 3.63) is 45.6 Å². The molecule has 0 spiro atoms. The van der Waals surface area contributed by atoms with Crippen molar-refractivity contribution in [2.24, 2.45) is 0 Å². The molecule has 0 aliphatic carbocycles. The first-order valence-electron chi connectivity index (χ1n) is 7.60. The largest absolute Gasteiger partial charge is 0.495 e. The number of hydrazine groups is 1. The molecule has 2 aromatic rings. The lowest BCUT2D eigenvalue weighted by Crippen LogP contribution is -2.43. The quantitative estimate of drug-likeness (QED) is 0.702. The molecule has 2 rings (SSSR count). The van der Waals surface area contributed by atoms with Crippen LogP contribution in [-0.2, 0) is 11.2 Å². The molecule has 2 amide bonds. The zero-order chi connectivity index (χ0) is 17.5. The molecule has 0 atom stereocenters. The number of ether oxygens (including phenoxy) is 1. The number of thiophene rings is 1. The number of benzene rings is 1. The predicted octanol–water partition coefficient (Wildman–Crippen LogP) is 2.50. The summed E-state index contributed by atoms with van der Waals surface area (Å²) in [5.41, 5.74) is 6.63. The summed E-state index contributed by atoms with van der Waals surface area (Å²) in [7, 11) is 1.56. The highest BCUT2D eigenvalue weighted by Gasteiger charge is 2.12. The van der Waals surface area contributed by atoms with E-state index in [1.807, 2.05) is 38.1 Å². The van der Waals surface area contributed by atoms with Crippen LogP contribution in [0.3, 0.4) is 0 Å². The van der Waals surface area contributed by atoms with Crippen LogP contribution in [0.15, 0.2) is 30.3 Å². The summed E-state index contributed by atoms with van der Waals surface area (Å²) in [5, 5.41) is 2.96. The maximum Gasteiger partial charge on any atom is 0.279 e. The molecule has 0 unspecified atom stereocenters. The van der Waals surface area contributed by atoms with Crippen LogP contribution in [0.4, 0.5) is 5.69 Å². The highest BCUT2D eigenvalue weighted by molar-refractivity contribution is 7.14. The van der Waals surface area contributed by atoms with Gasteiger partial charge in [-0.15, -0.1) is 11.3 Å². The van der Waals surface area contributed by atoms with Crippen molar-refractivity contribution in [3.63, 3.8) is 0 Å². The topological polar surface area (TPSA) is 79.5 Å². The number of carbonyl (C=O) groups excluding carboxylic acids is 2. The van der Waals surface area contributed by atoms with Gasteiger partial charge in [0, 0.05) is 4.88 Å². The number of nitrogens with one attached hydrogen (secondary N) is 3. The van der Waals surface area contributed by atoms with E-state index in [1.54, 1.807) is 13.2 Å². The first-order chi connectivity index (χ1) is 11.5. The maximum absolute atomic E-state index is 12.0. The summed E-state index contributed by atoms with van der Waals surface area (Å²) in [4.78, 5) is 25.7. The average Bonchev–Trinajstić information content (AvgIpc) is 2.99. The maximum atomic E-state index is 12.0. The zero-order valence-electron chi connectivity index (χ0n) is 13.9. The van der Waals surface area contributed by atoms with Crippen LogP contribution >= 0.6 is 11.3 Å². The van der Waals surface area contributed by atoms with Gasteiger partial charge < -0.3 is 10.1 Å². The van der Waals surface area contributed by atoms with E-state index in [2.05, 4.69) is 16.2 Å². The number of hydrogen-bond donors (Lipinski definition) is 3. The second kappa shape index (κ2) is 8.35. The van der Waals surface area contributed by atoms with Crippen LogP contribution in [-0.4, -0.2) is 25.5 Å². The third-order valence-electron chi connectivity index (χ3n) is 3.43. The Hall–Kier alpha value is -2.54. The van der Waals surface area contributed by atoms with E-state index >= 15 is 0 Å². The third-order valence-corrected chi connectivity index (χ3v) is 4.81. The van der Waals surface area contributed by atoms with E-state index in [0.717, 1.165) is 12.0 Å². The molecule has 0 aliphatic rings. The molecule has 0 saturated carbocycles. The van der Waals surface area contributed by atoms with E-state index in [1.165, 1.54) is 16.2 Å². The number of para-hydroxylation sites is 2. The molecular weight excluding hydrogens is 326 g/mol. The molecule has 0 radical (unpaired) electrons. The van der Waals surface area contributed by atoms with Gasteiger partial charge in [0.05, 0.1) is 24.2 Å². The molecule has 0 bridgehead atoms. The fourth-order valence-corrected chi connectivity index (χ4v) is 3.19. The number of carbonyl (C=O) groups is 2. The van der Waals surface area contributed by atoms with Crippen molar-refractivity contribution < 1.29 is 14.3 Å². The van der Waals surface area contributed by atoms with Crippen molar-refractivity contribution >= 4 is 28.8 Å². The fourth-order valence-electron chi connectivity index (χ4n) is 2.18. The molecule has 6 nitrogen and oxygen atoms in total. The number of aryl methyl sites for hydroxylation is 2. The lowest BCUT2D eigenvalue weighted by molar-refractivity contribution is -0.120. The fraction of sp³-hybridized carbons (Fsp3) is 0.294. The molecule has 1 heterocycles. The first-order valence-corrected chi connectivity index (χ1v) is 8.42. The Labute approximate surface area is 145 Å². The summed E-state index contributed by atoms with van der Waals surface area (Å²) >= 11 is 1.44. The number of methoxy groups -OCH3 is 1. The van der Waals surface area contributed by atoms with Gasteiger partial charge in [-0.3, -0.25) is 20.4 Å². The van der Waals surface area contributed by atoms with Gasteiger partial charge >= 0.3 is 0 Å². The Morgan fingerprint density at radius 3 is 2.62 bits per heavy atom. The van der Waals surface area contributed by atoms with Gasteiger partial charge in [0.15, 0.2) is 0 Å². The summed E-state index contributed by atoms with van der Waals surface area (Å²) in [5.74, 6) is -0.0119. The molecule has 0 fully saturated rings. The second-order valence-corrected chi connectivity index (χ2v) is 6.26. The van der Waals surface area contributed by atoms with E-state index in [9.17, 15) is 9.59 Å². The van der Waals surface area contributed by atoms with Crippen molar-refractivity contribution in [1.82, 2.24) is 10.9 Å². The monoisotopic (exact) mass is 347 g/mol. The van der Waals surface area contributed by atoms with Crippen molar-refractivity contribution in [2.75, 3.05) is 19.0 Å². The van der Waals surface area contributed by atoms with E-state index in [0.29, 0.717) is 16.3 Å². The number of amides is 2. The minimum Gasteiger partial charge on any atom is -0.495 e. The smallest absolute Gasteiger partial charge is 0.279 e. The first kappa shape index (κ1) is 17.8. The Morgan fingerprint density at radius 1 is 1.21 bits per heavy atom. The van der Waals surface area contributed by atoms with Crippen LogP contribution in [0, 0.1) is 6.92 Å². The van der Waals surface area contributed by atoms with Crippen LogP contribution in [0.1, 0.15) is 27.0 Å². The lowest BCUT2D eigenvalue weighted by Gasteiger charge is -2.11. The third kappa shape index (κ3) is 4.48. The summed E-state index contributed by atoms with van der Waals surface area (Å²) in [6.45, 7) is 4.04. The van der Waals surface area contributed by atoms with Crippen molar-refractivity contribution in [3.8, 4) is 5.75 Å². The summed E-state index contributed by atoms with van der Waals surface area (Å²) < 4.78 is 5.20. The van der Waals surface area contributed by atoms with Crippen molar-refractivity contribution in [2.45, 2.75) is 20.3 Å². The molecular formula is C17H21N3O3S. The van der Waals surface area contributed by atoms with Gasteiger partial charge in [0.2, 0.25) is 0 Å². The van der Waals surface area contributed by atoms with Gasteiger partial charge in [0.1, 0.15) is 5.75 Å². The molecule has 1 aromatic heterocycles. The Morgan fingerprint density at radius 2 is 1.96 bits per heavy atom. The highest BCUT2D eigenvalue weighted by atomic mass is 32.1. The van der Waals surface area contributed by atoms with E-state index in [-0.39, 0.29) is 18.4 Å². The minimum atomic E-state index is -0.349. The molecule has 7 heteroatoms. The van der Waals surface area contributed by atoms with Gasteiger partial charge in [0.25, 0.3) is 11.8 Å². The number of hydrogen-bond acceptors (Lipinski definition) is 5. The molecule has 0 aliphatic heterocycles. The number of anilines is 1. The van der Waals surface area contributed by atoms with E-state index < -0.39 is 0 Å². The summed E-state index contributed by atoms with van der Waals surface area (Å²) in [6, 6.07) is 9.13. The standard InChI is InChI=1S/C17H21N3O3S/c1-4-14-11(2)9-15(24-14)17(22)20-19-16(21)10-18-12-7-5-6-8-13(12)23-3/h5-9,18H,4,10H2,1-3H3,(H,19,21)(H,20,22). The minimum absolute atomic E-state index is 0.0182. The Bertz CT molecular complexity index is 728. The van der Waals surface area contributed by atoms with Crippen LogP contribution in [0.5, 0.6) is 5.75 Å². The molecule has 128 valence electrons. The lowest BCUT2D eigenvalue weighted by atomic mass is 10.2. The van der Waals surface area contributed by atoms with Gasteiger partial charge in [-0.1, -0.05) is 19.1 Å². The van der Waals surface area contributed by atoms with E-state index in [4.69, 9.17) is 4.74 Å². The highest BCUT2D eigenvalue weighted by Crippen LogP contribution is 2.23. The average molecular weight is 347 g/mol. The number of rotatable bonds is 6. The van der Waals surface area contributed by atoms with Crippen LogP contribution < -0.4 is 20.9 Å². The SMILES string of the molecule is CCc1sc(C(=O)NNC(=O)CNc2ccccc2OC)cc1C. The second-order valence-electron chi connectivity index (χ2n) is 5.13. The normalized spacial score (nSPS) is 10.1. The Balaban J connectivity index is 1.83. The molecule has 0 saturated heterocycles. The van der Waals surface area contributed by atoms with Gasteiger partial charge in [-0.05, 0) is 37.1 Å². The van der Waals surface area contributed by atoms with Crippen LogP contribution in [0.25, 0.3) is 0 Å². The zero-order valence-corrected chi connectivity index (χ0v) is 14.8. The summed E-state index contributed by atoms with van der Waals surface area (Å²) in [6.07, 6.45) is 0.888.